The van der Waals surface area contributed by atoms with Gasteiger partial charge in [0.05, 0.1) is 0 Å². The van der Waals surface area contributed by atoms with Crippen LogP contribution in [0.4, 0.5) is 0 Å². The maximum atomic E-state index is 10.3. The topological polar surface area (TPSA) is 66.4 Å². The quantitative estimate of drug-likeness (QED) is 0.799. The van der Waals surface area contributed by atoms with Crippen molar-refractivity contribution >= 4 is 18.0 Å². The fraction of sp³-hybridized carbons (Fsp3) is 0. The molecule has 0 atom stereocenters. The lowest BCUT2D eigenvalue weighted by atomic mass is 10.2. The summed E-state index contributed by atoms with van der Waals surface area (Å²) in [5.74, 6) is -1.54. The van der Waals surface area contributed by atoms with Gasteiger partial charge in [-0.25, -0.2) is 4.79 Å². The maximum Gasteiger partial charge on any atom is 0.329 e. The van der Waals surface area contributed by atoms with Gasteiger partial charge in [0.15, 0.2) is 0 Å². The molecule has 1 aromatic rings. The number of carboxylic acid groups (broad SMARTS) is 1. The Bertz CT molecular complexity index is 436. The van der Waals surface area contributed by atoms with Crippen molar-refractivity contribution in [2.24, 2.45) is 0 Å². The van der Waals surface area contributed by atoms with Crippen LogP contribution in [-0.4, -0.2) is 17.0 Å². The van der Waals surface area contributed by atoms with Crippen LogP contribution in [0.2, 0.25) is 0 Å². The number of nitrogens with one attached hydrogen (secondary N) is 1. The predicted molar refractivity (Wildman–Crippen MR) is 71.6 cm³/mol. The minimum atomic E-state index is -1.11. The Kier molecular flexibility index (Phi) is 8.20. The summed E-state index contributed by atoms with van der Waals surface area (Å²) >= 11 is 0. The van der Waals surface area contributed by atoms with Crippen molar-refractivity contribution in [2.45, 2.75) is 0 Å². The number of benzene rings is 1. The minimum Gasteiger partial charge on any atom is -0.478 e. The zero-order valence-electron chi connectivity index (χ0n) is 9.87. The van der Waals surface area contributed by atoms with Crippen LogP contribution in [-0.2, 0) is 9.59 Å². The van der Waals surface area contributed by atoms with Crippen LogP contribution in [0.3, 0.4) is 0 Å². The standard InChI is InChI=1S/C8H8.C6H7NO3/c1-2-8-6-4-3-5-7-8;1-2-5(8)7-4-3-6(9)10/h2-7H,1H2;2-4H,1H2,(H,7,8)(H,9,10). The van der Waals surface area contributed by atoms with Crippen LogP contribution in [0.1, 0.15) is 5.56 Å². The van der Waals surface area contributed by atoms with Gasteiger partial charge in [-0.05, 0) is 11.6 Å². The molecule has 0 saturated carbocycles. The second-order valence-electron chi connectivity index (χ2n) is 3.00. The Labute approximate surface area is 106 Å². The van der Waals surface area contributed by atoms with E-state index >= 15 is 0 Å². The molecular weight excluding hydrogens is 230 g/mol. The van der Waals surface area contributed by atoms with E-state index in [0.717, 1.165) is 18.4 Å². The Hall–Kier alpha value is -2.62. The van der Waals surface area contributed by atoms with E-state index in [1.807, 2.05) is 36.4 Å². The molecule has 0 heterocycles. The summed E-state index contributed by atoms with van der Waals surface area (Å²) in [7, 11) is 0. The van der Waals surface area contributed by atoms with Crippen molar-refractivity contribution in [2.75, 3.05) is 0 Å². The Morgan fingerprint density at radius 3 is 2.17 bits per heavy atom. The summed E-state index contributed by atoms with van der Waals surface area (Å²) in [4.78, 5) is 20.1. The van der Waals surface area contributed by atoms with Crippen LogP contribution in [0.15, 0.2) is 61.8 Å². The molecule has 0 fully saturated rings. The molecule has 0 aliphatic rings. The van der Waals surface area contributed by atoms with Gasteiger partial charge >= 0.3 is 5.97 Å². The number of amides is 1. The number of hydrogen-bond acceptors (Lipinski definition) is 2. The molecule has 0 spiro atoms. The van der Waals surface area contributed by atoms with Gasteiger partial charge in [0.2, 0.25) is 5.91 Å². The Balaban J connectivity index is 0.000000327. The highest BCUT2D eigenvalue weighted by Gasteiger charge is 1.87. The monoisotopic (exact) mass is 245 g/mol. The summed E-state index contributed by atoms with van der Waals surface area (Å²) in [6.45, 7) is 6.80. The van der Waals surface area contributed by atoms with E-state index in [0.29, 0.717) is 0 Å². The first-order valence-corrected chi connectivity index (χ1v) is 5.10. The van der Waals surface area contributed by atoms with Gasteiger partial charge in [-0.15, -0.1) is 0 Å². The average molecular weight is 245 g/mol. The largest absolute Gasteiger partial charge is 0.478 e. The van der Waals surface area contributed by atoms with Gasteiger partial charge in [-0.2, -0.15) is 0 Å². The number of aliphatic carboxylic acids is 1. The lowest BCUT2D eigenvalue weighted by Gasteiger charge is -1.88. The number of carbonyl (C=O) groups excluding carboxylic acids is 1. The highest BCUT2D eigenvalue weighted by atomic mass is 16.4. The van der Waals surface area contributed by atoms with Gasteiger partial charge in [0, 0.05) is 12.3 Å². The van der Waals surface area contributed by atoms with Crippen LogP contribution in [0, 0.1) is 0 Å². The predicted octanol–water partition coefficient (Wildman–Crippen LogP) is 2.22. The molecular formula is C14H15NO3. The first-order chi connectivity index (χ1) is 8.60. The highest BCUT2D eigenvalue weighted by molar-refractivity contribution is 5.88. The van der Waals surface area contributed by atoms with Gasteiger partial charge in [-0.3, -0.25) is 4.79 Å². The third-order valence-electron chi connectivity index (χ3n) is 1.67. The van der Waals surface area contributed by atoms with Crippen molar-refractivity contribution in [1.29, 1.82) is 0 Å². The molecule has 0 unspecified atom stereocenters. The first-order valence-electron chi connectivity index (χ1n) is 5.10. The molecule has 1 amide bonds. The molecule has 2 N–H and O–H groups in total. The van der Waals surface area contributed by atoms with Crippen molar-refractivity contribution in [1.82, 2.24) is 5.32 Å². The molecule has 0 aliphatic carbocycles. The Morgan fingerprint density at radius 1 is 1.17 bits per heavy atom. The molecule has 0 aliphatic heterocycles. The van der Waals surface area contributed by atoms with E-state index in [9.17, 15) is 9.59 Å². The summed E-state index contributed by atoms with van der Waals surface area (Å²) in [5, 5.41) is 10.2. The number of carbonyl (C=O) groups is 2. The number of rotatable bonds is 4. The molecule has 4 nitrogen and oxygen atoms in total. The molecule has 18 heavy (non-hydrogen) atoms. The molecule has 0 bridgehead atoms. The molecule has 0 radical (unpaired) electrons. The zero-order chi connectivity index (χ0) is 13.8. The van der Waals surface area contributed by atoms with Gasteiger partial charge in [-0.1, -0.05) is 49.6 Å². The van der Waals surface area contributed by atoms with E-state index in [4.69, 9.17) is 5.11 Å². The molecule has 94 valence electrons. The highest BCUT2D eigenvalue weighted by Crippen LogP contribution is 1.97. The molecule has 0 saturated heterocycles. The fourth-order valence-corrected chi connectivity index (χ4v) is 0.843. The van der Waals surface area contributed by atoms with Gasteiger partial charge < -0.3 is 10.4 Å². The molecule has 1 rings (SSSR count). The summed E-state index contributed by atoms with van der Waals surface area (Å²) in [6.07, 6.45) is 4.74. The van der Waals surface area contributed by atoms with Crippen molar-refractivity contribution in [3.05, 3.63) is 67.4 Å². The molecule has 1 aromatic carbocycles. The van der Waals surface area contributed by atoms with Crippen molar-refractivity contribution in [3.63, 3.8) is 0 Å². The third-order valence-corrected chi connectivity index (χ3v) is 1.67. The SMILES string of the molecule is C=CC(=O)NC=CC(=O)O.C=Cc1ccccc1. The van der Waals surface area contributed by atoms with Crippen LogP contribution in [0.25, 0.3) is 6.08 Å². The van der Waals surface area contributed by atoms with Gasteiger partial charge in [0.25, 0.3) is 0 Å². The van der Waals surface area contributed by atoms with E-state index in [2.05, 4.69) is 18.5 Å². The van der Waals surface area contributed by atoms with Crippen molar-refractivity contribution < 1.29 is 14.7 Å². The van der Waals surface area contributed by atoms with Crippen molar-refractivity contribution in [3.8, 4) is 0 Å². The first kappa shape index (κ1) is 15.4. The van der Waals surface area contributed by atoms with Crippen LogP contribution < -0.4 is 5.32 Å². The Morgan fingerprint density at radius 2 is 1.78 bits per heavy atom. The second kappa shape index (κ2) is 9.59. The normalized spacial score (nSPS) is 8.89. The fourth-order valence-electron chi connectivity index (χ4n) is 0.843. The van der Waals surface area contributed by atoms with Gasteiger partial charge in [0.1, 0.15) is 0 Å². The number of carboxylic acids is 1. The summed E-state index contributed by atoms with van der Waals surface area (Å²) < 4.78 is 0. The molecule has 0 aromatic heterocycles. The average Bonchev–Trinajstić information content (AvgIpc) is 2.39. The summed E-state index contributed by atoms with van der Waals surface area (Å²) in [6, 6.07) is 10.0. The van der Waals surface area contributed by atoms with E-state index in [1.165, 1.54) is 5.56 Å². The van der Waals surface area contributed by atoms with Crippen LogP contribution >= 0.6 is 0 Å². The molecule has 4 heteroatoms. The van der Waals surface area contributed by atoms with Crippen LogP contribution in [0.5, 0.6) is 0 Å². The lowest BCUT2D eigenvalue weighted by molar-refractivity contribution is -0.131. The number of hydrogen-bond donors (Lipinski definition) is 2. The van der Waals surface area contributed by atoms with E-state index < -0.39 is 11.9 Å². The zero-order valence-corrected chi connectivity index (χ0v) is 9.87. The third kappa shape index (κ3) is 8.67. The lowest BCUT2D eigenvalue weighted by Crippen LogP contribution is -2.13. The minimum absolute atomic E-state index is 0.433. The smallest absolute Gasteiger partial charge is 0.329 e. The van der Waals surface area contributed by atoms with E-state index in [1.54, 1.807) is 0 Å². The maximum absolute atomic E-state index is 10.3. The second-order valence-corrected chi connectivity index (χ2v) is 3.00. The van der Waals surface area contributed by atoms with E-state index in [-0.39, 0.29) is 0 Å². The summed E-state index contributed by atoms with van der Waals surface area (Å²) in [5.41, 5.74) is 1.17.